The first-order valence-corrected chi connectivity index (χ1v) is 8.62. The summed E-state index contributed by atoms with van der Waals surface area (Å²) in [6, 6.07) is 6.20. The van der Waals surface area contributed by atoms with Crippen LogP contribution in [0.15, 0.2) is 27.4 Å². The number of aromatic amines is 1. The Hall–Kier alpha value is -1.84. The molecule has 0 spiro atoms. The van der Waals surface area contributed by atoms with Gasteiger partial charge in [-0.05, 0) is 19.1 Å². The van der Waals surface area contributed by atoms with Crippen molar-refractivity contribution in [2.45, 2.75) is 13.0 Å². The lowest BCUT2D eigenvalue weighted by Gasteiger charge is -2.35. The highest BCUT2D eigenvalue weighted by Gasteiger charge is 2.21. The summed E-state index contributed by atoms with van der Waals surface area (Å²) in [7, 11) is -3.67. The van der Waals surface area contributed by atoms with Gasteiger partial charge in [0.1, 0.15) is 0 Å². The second kappa shape index (κ2) is 6.51. The topological polar surface area (TPSA) is 116 Å². The third-order valence-corrected chi connectivity index (χ3v) is 3.24. The Bertz CT molecular complexity index is 787. The highest BCUT2D eigenvalue weighted by atomic mass is 32.2. The van der Waals surface area contributed by atoms with Gasteiger partial charge in [-0.3, -0.25) is 9.54 Å². The van der Waals surface area contributed by atoms with Gasteiger partial charge in [-0.2, -0.15) is 8.42 Å². The van der Waals surface area contributed by atoms with Crippen molar-refractivity contribution in [2.75, 3.05) is 30.8 Å². The first kappa shape index (κ1) is 16.5. The number of rotatable bonds is 1. The summed E-state index contributed by atoms with van der Waals surface area (Å²) in [6.45, 7) is 4.99. The van der Waals surface area contributed by atoms with E-state index in [0.29, 0.717) is 17.9 Å². The SMILES string of the molecule is CC1CNCCN1c1cccc2[nH]c(=O)oc12.CS(=O)(=O)O. The van der Waals surface area contributed by atoms with E-state index < -0.39 is 15.9 Å². The Kier molecular flexibility index (Phi) is 4.89. The lowest BCUT2D eigenvalue weighted by atomic mass is 10.1. The van der Waals surface area contributed by atoms with Crippen molar-refractivity contribution in [2.24, 2.45) is 0 Å². The van der Waals surface area contributed by atoms with Crippen LogP contribution < -0.4 is 16.0 Å². The average Bonchev–Trinajstić information content (AvgIpc) is 2.77. The Balaban J connectivity index is 0.000000309. The number of hydrogen-bond acceptors (Lipinski definition) is 6. The van der Waals surface area contributed by atoms with Crippen LogP contribution in [0.1, 0.15) is 6.92 Å². The zero-order valence-corrected chi connectivity index (χ0v) is 13.2. The molecular formula is C13H19N3O5S. The van der Waals surface area contributed by atoms with E-state index in [-0.39, 0.29) is 0 Å². The molecule has 1 aromatic heterocycles. The maximum Gasteiger partial charge on any atom is 0.417 e. The van der Waals surface area contributed by atoms with Crippen LogP contribution in [0, 0.1) is 0 Å². The fourth-order valence-electron chi connectivity index (χ4n) is 2.38. The molecule has 1 atom stereocenters. The third kappa shape index (κ3) is 4.33. The predicted molar refractivity (Wildman–Crippen MR) is 84.0 cm³/mol. The van der Waals surface area contributed by atoms with Crippen LogP contribution in [0.25, 0.3) is 11.1 Å². The zero-order valence-electron chi connectivity index (χ0n) is 12.4. The van der Waals surface area contributed by atoms with E-state index in [1.165, 1.54) is 0 Å². The first-order chi connectivity index (χ1) is 10.3. The van der Waals surface area contributed by atoms with Crippen molar-refractivity contribution in [1.29, 1.82) is 0 Å². The van der Waals surface area contributed by atoms with E-state index in [1.807, 2.05) is 18.2 Å². The molecule has 0 radical (unpaired) electrons. The quantitative estimate of drug-likeness (QED) is 0.649. The van der Waals surface area contributed by atoms with Crippen LogP contribution in [0.2, 0.25) is 0 Å². The number of oxazole rings is 1. The van der Waals surface area contributed by atoms with Crippen molar-refractivity contribution in [1.82, 2.24) is 10.3 Å². The van der Waals surface area contributed by atoms with Gasteiger partial charge in [0.25, 0.3) is 10.1 Å². The number of para-hydroxylation sites is 1. The van der Waals surface area contributed by atoms with Gasteiger partial charge in [-0.15, -0.1) is 0 Å². The summed E-state index contributed by atoms with van der Waals surface area (Å²) in [5, 5.41) is 3.35. The van der Waals surface area contributed by atoms with Crippen molar-refractivity contribution < 1.29 is 17.4 Å². The maximum absolute atomic E-state index is 11.3. The van der Waals surface area contributed by atoms with E-state index in [0.717, 1.165) is 30.8 Å². The maximum atomic E-state index is 11.3. The standard InChI is InChI=1S/C12H15N3O2.CH4O3S/c1-8-7-13-5-6-15(8)10-4-2-3-9-11(10)17-12(16)14-9;1-5(2,3)4/h2-4,8,13H,5-7H2,1H3,(H,14,16);1H3,(H,2,3,4). The lowest BCUT2D eigenvalue weighted by molar-refractivity contribution is 0.490. The van der Waals surface area contributed by atoms with Gasteiger partial charge < -0.3 is 14.6 Å². The Morgan fingerprint density at radius 2 is 2.09 bits per heavy atom. The second-order valence-corrected chi connectivity index (χ2v) is 6.61. The molecule has 0 aliphatic carbocycles. The predicted octanol–water partition coefficient (Wildman–Crippen LogP) is 0.423. The van der Waals surface area contributed by atoms with E-state index in [4.69, 9.17) is 8.97 Å². The largest absolute Gasteiger partial charge is 0.417 e. The van der Waals surface area contributed by atoms with Crippen LogP contribution in [0.3, 0.4) is 0 Å². The van der Waals surface area contributed by atoms with Crippen molar-refractivity contribution in [3.63, 3.8) is 0 Å². The molecule has 1 aromatic carbocycles. The molecule has 9 heteroatoms. The summed E-state index contributed by atoms with van der Waals surface area (Å²) < 4.78 is 31.1. The summed E-state index contributed by atoms with van der Waals surface area (Å²) in [5.74, 6) is -0.393. The molecule has 22 heavy (non-hydrogen) atoms. The molecule has 0 bridgehead atoms. The number of H-pyrrole nitrogens is 1. The first-order valence-electron chi connectivity index (χ1n) is 6.77. The fraction of sp³-hybridized carbons (Fsp3) is 0.462. The molecule has 8 nitrogen and oxygen atoms in total. The molecule has 3 rings (SSSR count). The zero-order chi connectivity index (χ0) is 16.3. The molecule has 122 valence electrons. The van der Waals surface area contributed by atoms with Crippen LogP contribution in [-0.4, -0.2) is 49.9 Å². The van der Waals surface area contributed by atoms with Gasteiger partial charge in [0.2, 0.25) is 0 Å². The molecule has 1 unspecified atom stereocenters. The smallest absolute Gasteiger partial charge is 0.406 e. The molecule has 2 heterocycles. The number of hydrogen-bond donors (Lipinski definition) is 3. The summed E-state index contributed by atoms with van der Waals surface area (Å²) in [6.07, 6.45) is 0.715. The Morgan fingerprint density at radius 3 is 2.73 bits per heavy atom. The van der Waals surface area contributed by atoms with E-state index >= 15 is 0 Å². The van der Waals surface area contributed by atoms with E-state index in [9.17, 15) is 13.2 Å². The molecule has 3 N–H and O–H groups in total. The van der Waals surface area contributed by atoms with Crippen LogP contribution in [0.5, 0.6) is 0 Å². The van der Waals surface area contributed by atoms with Gasteiger partial charge in [0, 0.05) is 25.7 Å². The number of benzene rings is 1. The average molecular weight is 329 g/mol. The van der Waals surface area contributed by atoms with Gasteiger partial charge in [-0.25, -0.2) is 4.79 Å². The van der Waals surface area contributed by atoms with E-state index in [1.54, 1.807) is 0 Å². The van der Waals surface area contributed by atoms with Gasteiger partial charge >= 0.3 is 5.76 Å². The lowest BCUT2D eigenvalue weighted by Crippen LogP contribution is -2.49. The van der Waals surface area contributed by atoms with E-state index in [2.05, 4.69) is 22.1 Å². The summed E-state index contributed by atoms with van der Waals surface area (Å²) in [5.41, 5.74) is 2.42. The minimum atomic E-state index is -3.67. The number of anilines is 1. The van der Waals surface area contributed by atoms with Crippen molar-refractivity contribution in [3.8, 4) is 0 Å². The number of nitrogens with zero attached hydrogens (tertiary/aromatic N) is 1. The molecule has 1 aliphatic rings. The summed E-state index contributed by atoms with van der Waals surface area (Å²) >= 11 is 0. The number of piperazine rings is 1. The fourth-order valence-corrected chi connectivity index (χ4v) is 2.38. The Morgan fingerprint density at radius 1 is 1.41 bits per heavy atom. The summed E-state index contributed by atoms with van der Waals surface area (Å²) in [4.78, 5) is 16.2. The molecule has 0 amide bonds. The monoisotopic (exact) mass is 329 g/mol. The normalized spacial score (nSPS) is 18.9. The molecule has 1 aliphatic heterocycles. The van der Waals surface area contributed by atoms with Crippen molar-refractivity contribution >= 4 is 26.9 Å². The third-order valence-electron chi connectivity index (χ3n) is 3.24. The van der Waals surface area contributed by atoms with Crippen LogP contribution >= 0.6 is 0 Å². The molecule has 1 saturated heterocycles. The molecule has 2 aromatic rings. The molecular weight excluding hydrogens is 310 g/mol. The van der Waals surface area contributed by atoms with Crippen LogP contribution in [-0.2, 0) is 10.1 Å². The highest BCUT2D eigenvalue weighted by molar-refractivity contribution is 7.85. The highest BCUT2D eigenvalue weighted by Crippen LogP contribution is 2.26. The second-order valence-electron chi connectivity index (χ2n) is 5.15. The minimum Gasteiger partial charge on any atom is -0.406 e. The number of fused-ring (bicyclic) bond motifs is 1. The minimum absolute atomic E-state index is 0.393. The molecule has 0 saturated carbocycles. The van der Waals surface area contributed by atoms with Gasteiger partial charge in [0.15, 0.2) is 5.58 Å². The number of aromatic nitrogens is 1. The number of nitrogens with one attached hydrogen (secondary N) is 2. The van der Waals surface area contributed by atoms with Crippen LogP contribution in [0.4, 0.5) is 5.69 Å². The van der Waals surface area contributed by atoms with Gasteiger partial charge in [-0.1, -0.05) is 6.07 Å². The molecule has 1 fully saturated rings. The Labute approximate surface area is 127 Å². The van der Waals surface area contributed by atoms with Gasteiger partial charge in [0.05, 0.1) is 17.5 Å². The van der Waals surface area contributed by atoms with Crippen molar-refractivity contribution in [3.05, 3.63) is 28.7 Å².